The number of halogens is 2. The van der Waals surface area contributed by atoms with Crippen LogP contribution in [0.1, 0.15) is 24.3 Å². The highest BCUT2D eigenvalue weighted by Gasteiger charge is 2.28. The summed E-state index contributed by atoms with van der Waals surface area (Å²) >= 11 is 1.43. The van der Waals surface area contributed by atoms with Crippen molar-refractivity contribution in [3.8, 4) is 16.3 Å². The third-order valence-electron chi connectivity index (χ3n) is 5.21. The van der Waals surface area contributed by atoms with Gasteiger partial charge in [0, 0.05) is 38.2 Å². The molecule has 9 heteroatoms. The summed E-state index contributed by atoms with van der Waals surface area (Å²) in [5, 5.41) is 6.25. The van der Waals surface area contributed by atoms with Gasteiger partial charge in [-0.1, -0.05) is 19.9 Å². The molecule has 0 bridgehead atoms. The Morgan fingerprint density at radius 2 is 1.74 bits per heavy atom. The first-order valence-electron chi connectivity index (χ1n) is 10.0. The molecule has 6 nitrogen and oxygen atoms in total. The molecule has 31 heavy (non-hydrogen) atoms. The number of aromatic nitrogens is 2. The van der Waals surface area contributed by atoms with E-state index < -0.39 is 11.6 Å². The molecule has 0 atom stereocenters. The summed E-state index contributed by atoms with van der Waals surface area (Å²) in [5.41, 5.74) is 0.796. The predicted octanol–water partition coefficient (Wildman–Crippen LogP) is 3.82. The van der Waals surface area contributed by atoms with Gasteiger partial charge in [-0.05, 0) is 29.6 Å². The molecule has 1 saturated heterocycles. The molecule has 1 fully saturated rings. The van der Waals surface area contributed by atoms with Crippen molar-refractivity contribution in [1.29, 1.82) is 0 Å². The highest BCUT2D eigenvalue weighted by atomic mass is 32.1. The van der Waals surface area contributed by atoms with Crippen LogP contribution in [0.4, 0.5) is 8.78 Å². The van der Waals surface area contributed by atoms with Crippen LogP contribution < -0.4 is 0 Å². The normalized spacial score (nSPS) is 14.4. The fourth-order valence-corrected chi connectivity index (χ4v) is 4.31. The van der Waals surface area contributed by atoms with Gasteiger partial charge in [0.2, 0.25) is 5.91 Å². The number of rotatable bonds is 4. The Hall–Kier alpha value is -3.07. The van der Waals surface area contributed by atoms with Crippen LogP contribution in [0.25, 0.3) is 16.3 Å². The third-order valence-corrected chi connectivity index (χ3v) is 6.10. The highest BCUT2D eigenvalue weighted by Crippen LogP contribution is 2.29. The van der Waals surface area contributed by atoms with Crippen LogP contribution >= 0.6 is 11.3 Å². The summed E-state index contributed by atoms with van der Waals surface area (Å²) in [6.07, 6.45) is 0. The molecule has 2 aromatic heterocycles. The zero-order valence-corrected chi connectivity index (χ0v) is 18.0. The number of benzene rings is 1. The number of amides is 2. The lowest BCUT2D eigenvalue weighted by Gasteiger charge is -2.35. The van der Waals surface area contributed by atoms with Crippen LogP contribution in [0.3, 0.4) is 0 Å². The Labute approximate surface area is 182 Å². The Morgan fingerprint density at radius 1 is 1.03 bits per heavy atom. The topological polar surface area (TPSA) is 58.4 Å². The number of nitrogens with zero attached hydrogens (tertiary/aromatic N) is 4. The fourth-order valence-electron chi connectivity index (χ4n) is 3.58. The van der Waals surface area contributed by atoms with Gasteiger partial charge in [0.25, 0.3) is 5.91 Å². The summed E-state index contributed by atoms with van der Waals surface area (Å²) in [5.74, 6) is -1.74. The van der Waals surface area contributed by atoms with Crippen molar-refractivity contribution >= 4 is 23.2 Å². The van der Waals surface area contributed by atoms with Crippen LogP contribution in [0.15, 0.2) is 41.8 Å². The van der Waals surface area contributed by atoms with Crippen LogP contribution in [0.5, 0.6) is 0 Å². The van der Waals surface area contributed by atoms with E-state index in [1.165, 1.54) is 22.1 Å². The maximum absolute atomic E-state index is 14.5. The Balaban J connectivity index is 1.62. The van der Waals surface area contributed by atoms with Crippen LogP contribution in [0, 0.1) is 17.6 Å². The molecule has 0 unspecified atom stereocenters. The monoisotopic (exact) mass is 444 g/mol. The van der Waals surface area contributed by atoms with Gasteiger partial charge in [0.05, 0.1) is 10.6 Å². The van der Waals surface area contributed by atoms with E-state index in [0.717, 1.165) is 17.0 Å². The van der Waals surface area contributed by atoms with Gasteiger partial charge >= 0.3 is 0 Å². The second-order valence-electron chi connectivity index (χ2n) is 7.67. The minimum absolute atomic E-state index is 0.0659. The standard InChI is InChI=1S/C22H22F2N4O2S/c1-14(2)21(29)26-7-9-27(10-8-26)22(30)17-13-19(20-4-3-11-31-20)28(25-17)18-6-5-15(23)12-16(18)24/h3-6,11-14H,7-10H2,1-2H3. The molecular formula is C22H22F2N4O2S. The minimum Gasteiger partial charge on any atom is -0.339 e. The molecule has 4 rings (SSSR count). The van der Waals surface area contributed by atoms with Crippen molar-refractivity contribution in [2.24, 2.45) is 5.92 Å². The van der Waals surface area contributed by atoms with Gasteiger partial charge in [0.1, 0.15) is 11.5 Å². The van der Waals surface area contributed by atoms with E-state index in [1.807, 2.05) is 31.4 Å². The molecule has 0 radical (unpaired) electrons. The van der Waals surface area contributed by atoms with Crippen molar-refractivity contribution in [1.82, 2.24) is 19.6 Å². The average Bonchev–Trinajstić information content (AvgIpc) is 3.42. The first-order chi connectivity index (χ1) is 14.8. The molecule has 0 saturated carbocycles. The van der Waals surface area contributed by atoms with Gasteiger partial charge in [-0.2, -0.15) is 5.10 Å². The van der Waals surface area contributed by atoms with Crippen molar-refractivity contribution in [2.75, 3.05) is 26.2 Å². The van der Waals surface area contributed by atoms with Gasteiger partial charge < -0.3 is 9.80 Å². The van der Waals surface area contributed by atoms with E-state index in [1.54, 1.807) is 15.9 Å². The molecule has 0 N–H and O–H groups in total. The molecule has 3 heterocycles. The second kappa shape index (κ2) is 8.58. The summed E-state index contributed by atoms with van der Waals surface area (Å²) in [7, 11) is 0. The maximum Gasteiger partial charge on any atom is 0.274 e. The Bertz CT molecular complexity index is 1100. The molecule has 0 aliphatic carbocycles. The number of hydrogen-bond acceptors (Lipinski definition) is 4. The smallest absolute Gasteiger partial charge is 0.274 e. The lowest BCUT2D eigenvalue weighted by molar-refractivity contribution is -0.135. The van der Waals surface area contributed by atoms with E-state index in [4.69, 9.17) is 0 Å². The highest BCUT2D eigenvalue weighted by molar-refractivity contribution is 7.13. The summed E-state index contributed by atoms with van der Waals surface area (Å²) in [4.78, 5) is 29.5. The Morgan fingerprint density at radius 3 is 2.35 bits per heavy atom. The summed E-state index contributed by atoms with van der Waals surface area (Å²) in [6.45, 7) is 5.45. The maximum atomic E-state index is 14.5. The second-order valence-corrected chi connectivity index (χ2v) is 8.62. The zero-order valence-electron chi connectivity index (χ0n) is 17.2. The van der Waals surface area contributed by atoms with Crippen molar-refractivity contribution in [2.45, 2.75) is 13.8 Å². The number of piperazine rings is 1. The van der Waals surface area contributed by atoms with E-state index in [-0.39, 0.29) is 29.1 Å². The average molecular weight is 445 g/mol. The number of hydrogen-bond donors (Lipinski definition) is 0. The van der Waals surface area contributed by atoms with Gasteiger partial charge in [0.15, 0.2) is 11.5 Å². The molecule has 1 aliphatic rings. The lowest BCUT2D eigenvalue weighted by Crippen LogP contribution is -2.51. The SMILES string of the molecule is CC(C)C(=O)N1CCN(C(=O)c2cc(-c3cccs3)n(-c3ccc(F)cc3F)n2)CC1. The third kappa shape index (κ3) is 4.23. The number of carbonyl (C=O) groups excluding carboxylic acids is 2. The van der Waals surface area contributed by atoms with E-state index in [9.17, 15) is 18.4 Å². The Kier molecular flexibility index (Phi) is 5.86. The van der Waals surface area contributed by atoms with E-state index in [2.05, 4.69) is 5.10 Å². The van der Waals surface area contributed by atoms with Crippen molar-refractivity contribution in [3.05, 3.63) is 59.1 Å². The minimum atomic E-state index is -0.763. The number of carbonyl (C=O) groups is 2. The first kappa shape index (κ1) is 21.2. The van der Waals surface area contributed by atoms with Crippen LogP contribution in [-0.2, 0) is 4.79 Å². The van der Waals surface area contributed by atoms with E-state index >= 15 is 0 Å². The van der Waals surface area contributed by atoms with Crippen LogP contribution in [0.2, 0.25) is 0 Å². The molecule has 1 aliphatic heterocycles. The molecular weight excluding hydrogens is 422 g/mol. The largest absolute Gasteiger partial charge is 0.339 e. The van der Waals surface area contributed by atoms with Gasteiger partial charge in [-0.3, -0.25) is 9.59 Å². The lowest BCUT2D eigenvalue weighted by atomic mass is 10.1. The van der Waals surface area contributed by atoms with Gasteiger partial charge in [-0.15, -0.1) is 11.3 Å². The van der Waals surface area contributed by atoms with Gasteiger partial charge in [-0.25, -0.2) is 13.5 Å². The summed E-state index contributed by atoms with van der Waals surface area (Å²) < 4.78 is 29.2. The van der Waals surface area contributed by atoms with Crippen LogP contribution in [-0.4, -0.2) is 57.6 Å². The van der Waals surface area contributed by atoms with Crippen molar-refractivity contribution < 1.29 is 18.4 Å². The summed E-state index contributed by atoms with van der Waals surface area (Å²) in [6, 6.07) is 8.59. The first-order valence-corrected chi connectivity index (χ1v) is 10.9. The zero-order chi connectivity index (χ0) is 22.1. The molecule has 2 amide bonds. The predicted molar refractivity (Wildman–Crippen MR) is 114 cm³/mol. The fraction of sp³-hybridized carbons (Fsp3) is 0.318. The quantitative estimate of drug-likeness (QED) is 0.615. The van der Waals surface area contributed by atoms with E-state index in [0.29, 0.717) is 31.9 Å². The molecule has 1 aromatic carbocycles. The van der Waals surface area contributed by atoms with Crippen molar-refractivity contribution in [3.63, 3.8) is 0 Å². The molecule has 162 valence electrons. The molecule has 3 aromatic rings. The molecule has 0 spiro atoms. The number of thiophene rings is 1.